The van der Waals surface area contributed by atoms with E-state index in [0.29, 0.717) is 0 Å². The van der Waals surface area contributed by atoms with Gasteiger partial charge >= 0.3 is 0 Å². The van der Waals surface area contributed by atoms with Crippen molar-refractivity contribution in [1.82, 2.24) is 4.90 Å². The number of nitrogens with zero attached hydrogens (tertiary/aromatic N) is 1. The molecule has 0 N–H and O–H groups in total. The molecular weight excluding hydrogens is 238 g/mol. The van der Waals surface area contributed by atoms with Gasteiger partial charge < -0.3 is 4.90 Å². The SMILES string of the molecule is CCc1sc(C(=O)N2CCSCC2)cc1C. The van der Waals surface area contributed by atoms with Gasteiger partial charge in [-0.3, -0.25) is 4.79 Å². The highest BCUT2D eigenvalue weighted by molar-refractivity contribution is 7.99. The van der Waals surface area contributed by atoms with E-state index in [1.54, 1.807) is 11.3 Å². The van der Waals surface area contributed by atoms with Crippen LogP contribution in [0.4, 0.5) is 0 Å². The van der Waals surface area contributed by atoms with Crippen molar-refractivity contribution < 1.29 is 4.79 Å². The first-order valence-corrected chi connectivity index (χ1v) is 7.65. The molecule has 0 unspecified atom stereocenters. The minimum atomic E-state index is 0.230. The van der Waals surface area contributed by atoms with Gasteiger partial charge in [-0.2, -0.15) is 11.8 Å². The van der Waals surface area contributed by atoms with Crippen LogP contribution in [-0.4, -0.2) is 35.4 Å². The third-order valence-corrected chi connectivity index (χ3v) is 5.16. The molecule has 16 heavy (non-hydrogen) atoms. The lowest BCUT2D eigenvalue weighted by Crippen LogP contribution is -2.37. The summed E-state index contributed by atoms with van der Waals surface area (Å²) in [6, 6.07) is 2.05. The molecule has 2 heterocycles. The average Bonchev–Trinajstić information content (AvgIpc) is 2.71. The van der Waals surface area contributed by atoms with E-state index < -0.39 is 0 Å². The van der Waals surface area contributed by atoms with Gasteiger partial charge in [-0.25, -0.2) is 0 Å². The molecule has 0 atom stereocenters. The first kappa shape index (κ1) is 12.0. The Morgan fingerprint density at radius 3 is 2.69 bits per heavy atom. The van der Waals surface area contributed by atoms with Crippen LogP contribution in [0.2, 0.25) is 0 Å². The van der Waals surface area contributed by atoms with Gasteiger partial charge in [-0.05, 0) is 25.0 Å². The number of rotatable bonds is 2. The molecule has 0 aromatic carbocycles. The van der Waals surface area contributed by atoms with E-state index in [-0.39, 0.29) is 5.91 Å². The molecule has 1 saturated heterocycles. The zero-order valence-electron chi connectivity index (χ0n) is 9.78. The van der Waals surface area contributed by atoms with E-state index >= 15 is 0 Å². The molecule has 1 aliphatic rings. The summed E-state index contributed by atoms with van der Waals surface area (Å²) in [6.07, 6.45) is 1.03. The molecule has 1 aromatic rings. The number of thioether (sulfide) groups is 1. The van der Waals surface area contributed by atoms with Crippen molar-refractivity contribution in [3.63, 3.8) is 0 Å². The van der Waals surface area contributed by atoms with Crippen molar-refractivity contribution in [2.75, 3.05) is 24.6 Å². The lowest BCUT2D eigenvalue weighted by Gasteiger charge is -2.25. The fourth-order valence-corrected chi connectivity index (χ4v) is 3.88. The van der Waals surface area contributed by atoms with Gasteiger partial charge in [0.2, 0.25) is 0 Å². The standard InChI is InChI=1S/C12H17NOS2/c1-3-10-9(2)8-11(16-10)12(14)13-4-6-15-7-5-13/h8H,3-7H2,1-2H3. The molecule has 1 fully saturated rings. The maximum absolute atomic E-state index is 12.2. The summed E-state index contributed by atoms with van der Waals surface area (Å²) in [5.41, 5.74) is 1.27. The van der Waals surface area contributed by atoms with E-state index in [2.05, 4.69) is 13.8 Å². The maximum atomic E-state index is 12.2. The van der Waals surface area contributed by atoms with Gasteiger partial charge in [0.05, 0.1) is 4.88 Å². The summed E-state index contributed by atoms with van der Waals surface area (Å²) in [5.74, 6) is 2.39. The molecule has 2 rings (SSSR count). The summed E-state index contributed by atoms with van der Waals surface area (Å²) in [6.45, 7) is 6.05. The van der Waals surface area contributed by atoms with Crippen molar-refractivity contribution in [2.45, 2.75) is 20.3 Å². The van der Waals surface area contributed by atoms with Crippen molar-refractivity contribution in [1.29, 1.82) is 0 Å². The van der Waals surface area contributed by atoms with Crippen molar-refractivity contribution in [3.05, 3.63) is 21.4 Å². The fourth-order valence-electron chi connectivity index (χ4n) is 1.90. The highest BCUT2D eigenvalue weighted by Gasteiger charge is 2.20. The van der Waals surface area contributed by atoms with Crippen LogP contribution in [0.25, 0.3) is 0 Å². The van der Waals surface area contributed by atoms with Gasteiger partial charge in [-0.15, -0.1) is 11.3 Å². The molecule has 88 valence electrons. The molecule has 1 aromatic heterocycles. The second kappa shape index (κ2) is 5.23. The first-order valence-electron chi connectivity index (χ1n) is 5.68. The van der Waals surface area contributed by atoms with Crippen LogP contribution < -0.4 is 0 Å². The normalized spacial score (nSPS) is 16.5. The van der Waals surface area contributed by atoms with Crippen LogP contribution in [0.15, 0.2) is 6.07 Å². The average molecular weight is 255 g/mol. The van der Waals surface area contributed by atoms with Gasteiger partial charge in [-0.1, -0.05) is 6.92 Å². The third kappa shape index (κ3) is 2.43. The predicted molar refractivity (Wildman–Crippen MR) is 71.7 cm³/mol. The zero-order valence-corrected chi connectivity index (χ0v) is 11.4. The van der Waals surface area contributed by atoms with Crippen LogP contribution in [-0.2, 0) is 6.42 Å². The Bertz CT molecular complexity index is 380. The summed E-state index contributed by atoms with van der Waals surface area (Å²) in [5, 5.41) is 0. The Kier molecular flexibility index (Phi) is 3.92. The Morgan fingerprint density at radius 1 is 1.44 bits per heavy atom. The van der Waals surface area contributed by atoms with Gasteiger partial charge in [0.15, 0.2) is 0 Å². The molecule has 0 spiro atoms. The van der Waals surface area contributed by atoms with Crippen molar-refractivity contribution in [2.24, 2.45) is 0 Å². The minimum Gasteiger partial charge on any atom is -0.336 e. The van der Waals surface area contributed by atoms with Crippen LogP contribution >= 0.6 is 23.1 Å². The van der Waals surface area contributed by atoms with Crippen LogP contribution in [0.5, 0.6) is 0 Å². The molecule has 0 saturated carbocycles. The Labute approximate surface area is 105 Å². The molecule has 4 heteroatoms. The zero-order chi connectivity index (χ0) is 11.5. The molecule has 0 aliphatic carbocycles. The van der Waals surface area contributed by atoms with Gasteiger partial charge in [0, 0.05) is 29.5 Å². The number of hydrogen-bond acceptors (Lipinski definition) is 3. The summed E-state index contributed by atoms with van der Waals surface area (Å²) < 4.78 is 0. The van der Waals surface area contributed by atoms with E-state index in [4.69, 9.17) is 0 Å². The number of carbonyl (C=O) groups excluding carboxylic acids is 1. The van der Waals surface area contributed by atoms with Crippen LogP contribution in [0.1, 0.15) is 27.0 Å². The number of aryl methyl sites for hydroxylation is 2. The van der Waals surface area contributed by atoms with Crippen LogP contribution in [0.3, 0.4) is 0 Å². The summed E-state index contributed by atoms with van der Waals surface area (Å²) in [4.78, 5) is 16.5. The van der Waals surface area contributed by atoms with E-state index in [1.165, 1.54) is 10.4 Å². The number of hydrogen-bond donors (Lipinski definition) is 0. The molecule has 1 aliphatic heterocycles. The molecular formula is C12H17NOS2. The monoisotopic (exact) mass is 255 g/mol. The van der Waals surface area contributed by atoms with Crippen molar-refractivity contribution >= 4 is 29.0 Å². The molecule has 2 nitrogen and oxygen atoms in total. The van der Waals surface area contributed by atoms with E-state index in [1.807, 2.05) is 22.7 Å². The third-order valence-electron chi connectivity index (χ3n) is 2.85. The van der Waals surface area contributed by atoms with E-state index in [9.17, 15) is 4.79 Å². The largest absolute Gasteiger partial charge is 0.336 e. The molecule has 1 amide bonds. The second-order valence-corrected chi connectivity index (χ2v) is 6.34. The second-order valence-electron chi connectivity index (χ2n) is 3.97. The van der Waals surface area contributed by atoms with Gasteiger partial charge in [0.1, 0.15) is 0 Å². The number of carbonyl (C=O) groups is 1. The number of thiophene rings is 1. The predicted octanol–water partition coefficient (Wildman–Crippen LogP) is 2.81. The highest BCUT2D eigenvalue weighted by atomic mass is 32.2. The molecule has 0 radical (unpaired) electrons. The topological polar surface area (TPSA) is 20.3 Å². The highest BCUT2D eigenvalue weighted by Crippen LogP contribution is 2.24. The first-order chi connectivity index (χ1) is 7.72. The summed E-state index contributed by atoms with van der Waals surface area (Å²) >= 11 is 3.60. The Morgan fingerprint density at radius 2 is 2.12 bits per heavy atom. The summed E-state index contributed by atoms with van der Waals surface area (Å²) in [7, 11) is 0. The fraction of sp³-hybridized carbons (Fsp3) is 0.583. The quantitative estimate of drug-likeness (QED) is 0.810. The maximum Gasteiger partial charge on any atom is 0.263 e. The number of amides is 1. The van der Waals surface area contributed by atoms with Crippen molar-refractivity contribution in [3.8, 4) is 0 Å². The minimum absolute atomic E-state index is 0.230. The van der Waals surface area contributed by atoms with E-state index in [0.717, 1.165) is 35.9 Å². The Hall–Kier alpha value is -0.480. The van der Waals surface area contributed by atoms with Crippen LogP contribution in [0, 0.1) is 6.92 Å². The molecule has 0 bridgehead atoms. The lowest BCUT2D eigenvalue weighted by molar-refractivity contribution is 0.0777. The smallest absolute Gasteiger partial charge is 0.263 e. The van der Waals surface area contributed by atoms with Gasteiger partial charge in [0.25, 0.3) is 5.91 Å². The Balaban J connectivity index is 2.13. The lowest BCUT2D eigenvalue weighted by atomic mass is 10.2.